The van der Waals surface area contributed by atoms with Gasteiger partial charge in [0.05, 0.1) is 13.2 Å². The maximum atomic E-state index is 11.2. The van der Waals surface area contributed by atoms with E-state index >= 15 is 0 Å². The van der Waals surface area contributed by atoms with Gasteiger partial charge in [0.25, 0.3) is 0 Å². The molecule has 1 aromatic rings. The molecule has 0 amide bonds. The lowest BCUT2D eigenvalue weighted by Gasteiger charge is -2.24. The van der Waals surface area contributed by atoms with Crippen LogP contribution in [0.2, 0.25) is 0 Å². The van der Waals surface area contributed by atoms with E-state index in [1.165, 1.54) is 12.7 Å². The molecule has 0 aliphatic carbocycles. The molecule has 0 saturated carbocycles. The number of likely N-dealkylation sites (N-methyl/N-ethyl adjacent to an activating group) is 1. The van der Waals surface area contributed by atoms with Gasteiger partial charge in [-0.25, -0.2) is 0 Å². The SMILES string of the molecule is CNC(CCC(=O)OC)C(O)c1ccc(C)cc1C. The number of aliphatic hydroxyl groups excluding tert-OH is 1. The Morgan fingerprint density at radius 1 is 1.42 bits per heavy atom. The van der Waals surface area contributed by atoms with Gasteiger partial charge in [-0.15, -0.1) is 0 Å². The van der Waals surface area contributed by atoms with Crippen molar-refractivity contribution in [3.8, 4) is 0 Å². The molecule has 0 spiro atoms. The number of aryl methyl sites for hydroxylation is 2. The lowest BCUT2D eigenvalue weighted by molar-refractivity contribution is -0.140. The molecule has 0 aliphatic heterocycles. The average Bonchev–Trinajstić information content (AvgIpc) is 2.38. The van der Waals surface area contributed by atoms with Crippen molar-refractivity contribution >= 4 is 5.97 Å². The zero-order chi connectivity index (χ0) is 14.4. The highest BCUT2D eigenvalue weighted by Crippen LogP contribution is 2.24. The van der Waals surface area contributed by atoms with Gasteiger partial charge in [-0.3, -0.25) is 4.79 Å². The molecule has 106 valence electrons. The van der Waals surface area contributed by atoms with Crippen molar-refractivity contribution in [3.05, 3.63) is 34.9 Å². The van der Waals surface area contributed by atoms with E-state index in [0.29, 0.717) is 12.8 Å². The summed E-state index contributed by atoms with van der Waals surface area (Å²) in [6, 6.07) is 5.81. The Balaban J connectivity index is 2.77. The van der Waals surface area contributed by atoms with Crippen LogP contribution in [0.4, 0.5) is 0 Å². The van der Waals surface area contributed by atoms with Crippen LogP contribution in [-0.4, -0.2) is 31.3 Å². The lowest BCUT2D eigenvalue weighted by atomic mass is 9.94. The van der Waals surface area contributed by atoms with Crippen LogP contribution in [0, 0.1) is 13.8 Å². The molecule has 2 N–H and O–H groups in total. The summed E-state index contributed by atoms with van der Waals surface area (Å²) in [4.78, 5) is 11.2. The minimum absolute atomic E-state index is 0.166. The van der Waals surface area contributed by atoms with Gasteiger partial charge in [0.2, 0.25) is 0 Å². The second-order valence-corrected chi connectivity index (χ2v) is 4.81. The van der Waals surface area contributed by atoms with Crippen molar-refractivity contribution in [2.75, 3.05) is 14.2 Å². The van der Waals surface area contributed by atoms with Gasteiger partial charge in [0.15, 0.2) is 0 Å². The van der Waals surface area contributed by atoms with Gasteiger partial charge in [0.1, 0.15) is 0 Å². The molecule has 0 aliphatic rings. The lowest BCUT2D eigenvalue weighted by Crippen LogP contribution is -2.33. The summed E-state index contributed by atoms with van der Waals surface area (Å²) in [5.74, 6) is -0.256. The standard InChI is InChI=1S/C15H23NO3/c1-10-5-6-12(11(2)9-10)15(18)13(16-3)7-8-14(17)19-4/h5-6,9,13,15-16,18H,7-8H2,1-4H3. The molecule has 0 heterocycles. The second-order valence-electron chi connectivity index (χ2n) is 4.81. The Kier molecular flexibility index (Phi) is 5.99. The van der Waals surface area contributed by atoms with Crippen LogP contribution in [0.25, 0.3) is 0 Å². The first-order chi connectivity index (χ1) is 8.99. The van der Waals surface area contributed by atoms with E-state index in [1.54, 1.807) is 7.05 Å². The van der Waals surface area contributed by atoms with Crippen LogP contribution in [0.15, 0.2) is 18.2 Å². The first-order valence-electron chi connectivity index (χ1n) is 6.49. The first kappa shape index (κ1) is 15.7. The van der Waals surface area contributed by atoms with E-state index in [2.05, 4.69) is 10.1 Å². The van der Waals surface area contributed by atoms with Crippen LogP contribution < -0.4 is 5.32 Å². The average molecular weight is 265 g/mol. The van der Waals surface area contributed by atoms with Gasteiger partial charge in [0, 0.05) is 12.5 Å². The fourth-order valence-corrected chi connectivity index (χ4v) is 2.21. The molecule has 2 unspecified atom stereocenters. The topological polar surface area (TPSA) is 58.6 Å². The van der Waals surface area contributed by atoms with Crippen LogP contribution in [-0.2, 0) is 9.53 Å². The summed E-state index contributed by atoms with van der Waals surface area (Å²) in [5.41, 5.74) is 3.13. The Morgan fingerprint density at radius 3 is 2.63 bits per heavy atom. The molecular formula is C15H23NO3. The normalized spacial score (nSPS) is 13.9. The molecular weight excluding hydrogens is 242 g/mol. The highest BCUT2D eigenvalue weighted by molar-refractivity contribution is 5.69. The third kappa shape index (κ3) is 4.33. The first-order valence-corrected chi connectivity index (χ1v) is 6.49. The van der Waals surface area contributed by atoms with Gasteiger partial charge in [-0.1, -0.05) is 23.8 Å². The number of hydrogen-bond acceptors (Lipinski definition) is 4. The van der Waals surface area contributed by atoms with E-state index in [0.717, 1.165) is 11.1 Å². The summed E-state index contributed by atoms with van der Waals surface area (Å²) in [7, 11) is 3.16. The number of carbonyl (C=O) groups excluding carboxylic acids is 1. The van der Waals surface area contributed by atoms with Gasteiger partial charge < -0.3 is 15.2 Å². The third-order valence-corrected chi connectivity index (χ3v) is 3.38. The summed E-state index contributed by atoms with van der Waals surface area (Å²) in [6.45, 7) is 4.01. The number of hydrogen-bond donors (Lipinski definition) is 2. The Hall–Kier alpha value is -1.39. The second kappa shape index (κ2) is 7.26. The third-order valence-electron chi connectivity index (χ3n) is 3.38. The van der Waals surface area contributed by atoms with E-state index in [1.807, 2.05) is 32.0 Å². The maximum Gasteiger partial charge on any atom is 0.305 e. The number of esters is 1. The fraction of sp³-hybridized carbons (Fsp3) is 0.533. The maximum absolute atomic E-state index is 11.2. The van der Waals surface area contributed by atoms with Crippen molar-refractivity contribution in [3.63, 3.8) is 0 Å². The quantitative estimate of drug-likeness (QED) is 0.771. The predicted molar refractivity (Wildman–Crippen MR) is 75.0 cm³/mol. The van der Waals surface area contributed by atoms with Gasteiger partial charge in [-0.05, 0) is 38.4 Å². The van der Waals surface area contributed by atoms with Crippen molar-refractivity contribution in [2.24, 2.45) is 0 Å². The monoisotopic (exact) mass is 265 g/mol. The molecule has 4 heteroatoms. The Morgan fingerprint density at radius 2 is 2.11 bits per heavy atom. The number of carbonyl (C=O) groups is 1. The zero-order valence-corrected chi connectivity index (χ0v) is 12.1. The van der Waals surface area contributed by atoms with Crippen LogP contribution >= 0.6 is 0 Å². The van der Waals surface area contributed by atoms with Crippen molar-refractivity contribution < 1.29 is 14.6 Å². The summed E-state index contributed by atoms with van der Waals surface area (Å²) in [6.07, 6.45) is 0.206. The van der Waals surface area contributed by atoms with Crippen molar-refractivity contribution in [1.82, 2.24) is 5.32 Å². The molecule has 19 heavy (non-hydrogen) atoms. The summed E-state index contributed by atoms with van der Waals surface area (Å²) >= 11 is 0. The van der Waals surface area contributed by atoms with E-state index < -0.39 is 6.10 Å². The molecule has 0 radical (unpaired) electrons. The molecule has 0 aromatic heterocycles. The highest BCUT2D eigenvalue weighted by atomic mass is 16.5. The molecule has 1 aromatic carbocycles. The molecule has 4 nitrogen and oxygen atoms in total. The van der Waals surface area contributed by atoms with Crippen molar-refractivity contribution in [1.29, 1.82) is 0 Å². The number of methoxy groups -OCH3 is 1. The molecule has 0 bridgehead atoms. The predicted octanol–water partition coefficient (Wildman–Crippen LogP) is 1.88. The smallest absolute Gasteiger partial charge is 0.305 e. The summed E-state index contributed by atoms with van der Waals surface area (Å²) < 4.78 is 4.62. The minimum atomic E-state index is -0.629. The Bertz CT molecular complexity index is 431. The number of ether oxygens (including phenoxy) is 1. The summed E-state index contributed by atoms with van der Waals surface area (Å²) in [5, 5.41) is 13.5. The largest absolute Gasteiger partial charge is 0.469 e. The van der Waals surface area contributed by atoms with E-state index in [-0.39, 0.29) is 12.0 Å². The van der Waals surface area contributed by atoms with E-state index in [4.69, 9.17) is 0 Å². The number of benzene rings is 1. The molecule has 2 atom stereocenters. The van der Waals surface area contributed by atoms with Crippen LogP contribution in [0.5, 0.6) is 0 Å². The van der Waals surface area contributed by atoms with Gasteiger partial charge >= 0.3 is 5.97 Å². The fourth-order valence-electron chi connectivity index (χ4n) is 2.21. The molecule has 0 saturated heterocycles. The number of nitrogens with one attached hydrogen (secondary N) is 1. The van der Waals surface area contributed by atoms with Crippen molar-refractivity contribution in [2.45, 2.75) is 38.8 Å². The number of aliphatic hydroxyl groups is 1. The van der Waals surface area contributed by atoms with Gasteiger partial charge in [-0.2, -0.15) is 0 Å². The van der Waals surface area contributed by atoms with E-state index in [9.17, 15) is 9.90 Å². The molecule has 0 fully saturated rings. The highest BCUT2D eigenvalue weighted by Gasteiger charge is 2.21. The Labute approximate surface area is 114 Å². The zero-order valence-electron chi connectivity index (χ0n) is 12.1. The molecule has 1 rings (SSSR count). The van der Waals surface area contributed by atoms with Crippen LogP contribution in [0.3, 0.4) is 0 Å². The van der Waals surface area contributed by atoms with Crippen LogP contribution in [0.1, 0.15) is 35.6 Å². The number of rotatable bonds is 6. The minimum Gasteiger partial charge on any atom is -0.469 e.